The fourth-order valence-electron chi connectivity index (χ4n) is 1.65. The predicted molar refractivity (Wildman–Crippen MR) is 64.9 cm³/mol. The Balaban J connectivity index is 4.21. The number of halogens is 2. The number of rotatable bonds is 9. The summed E-state index contributed by atoms with van der Waals surface area (Å²) in [5, 5.41) is 2.55. The summed E-state index contributed by atoms with van der Waals surface area (Å²) in [5.41, 5.74) is -1.09. The molecule has 19 heavy (non-hydrogen) atoms. The van der Waals surface area contributed by atoms with Gasteiger partial charge in [-0.05, 0) is 13.3 Å². The van der Waals surface area contributed by atoms with Gasteiger partial charge in [0.15, 0.2) is 0 Å². The fraction of sp³-hybridized carbons (Fsp3) is 0.833. The second kappa shape index (κ2) is 8.79. The first-order valence-corrected chi connectivity index (χ1v) is 6.11. The van der Waals surface area contributed by atoms with Gasteiger partial charge >= 0.3 is 5.97 Å². The lowest BCUT2D eigenvalue weighted by molar-refractivity contribution is -0.150. The van der Waals surface area contributed by atoms with Crippen LogP contribution < -0.4 is 5.32 Å². The number of alkyl halides is 2. The highest BCUT2D eigenvalue weighted by Gasteiger charge is 2.34. The minimum Gasteiger partial charge on any atom is -0.467 e. The average molecular weight is 281 g/mol. The van der Waals surface area contributed by atoms with Gasteiger partial charge in [-0.25, -0.2) is 13.6 Å². The summed E-state index contributed by atoms with van der Waals surface area (Å²) in [6.07, 6.45) is -1.51. The average Bonchev–Trinajstić information content (AvgIpc) is 2.33. The molecule has 0 spiro atoms. The van der Waals surface area contributed by atoms with Crippen LogP contribution in [0.1, 0.15) is 33.1 Å². The molecule has 1 atom stereocenters. The molecule has 0 bridgehead atoms. The van der Waals surface area contributed by atoms with Crippen LogP contribution in [0.4, 0.5) is 8.78 Å². The molecule has 5 nitrogen and oxygen atoms in total. The van der Waals surface area contributed by atoms with Crippen molar-refractivity contribution in [2.45, 2.75) is 45.1 Å². The van der Waals surface area contributed by atoms with Crippen LogP contribution >= 0.6 is 0 Å². The van der Waals surface area contributed by atoms with Gasteiger partial charge in [-0.1, -0.05) is 13.3 Å². The summed E-state index contributed by atoms with van der Waals surface area (Å²) in [7, 11) is 1.24. The second-order valence-electron chi connectivity index (χ2n) is 4.34. The number of carbonyl (C=O) groups is 2. The zero-order valence-corrected chi connectivity index (χ0v) is 11.5. The molecule has 0 aliphatic carbocycles. The molecule has 0 heterocycles. The van der Waals surface area contributed by atoms with Gasteiger partial charge in [0.25, 0.3) is 6.43 Å². The maximum atomic E-state index is 11.8. The van der Waals surface area contributed by atoms with Crippen LogP contribution in [0, 0.1) is 0 Å². The van der Waals surface area contributed by atoms with Crippen molar-refractivity contribution in [2.24, 2.45) is 0 Å². The molecule has 1 amide bonds. The van der Waals surface area contributed by atoms with Crippen LogP contribution in [0.5, 0.6) is 0 Å². The number of carbonyl (C=O) groups excluding carboxylic acids is 2. The Morgan fingerprint density at radius 3 is 2.47 bits per heavy atom. The highest BCUT2D eigenvalue weighted by molar-refractivity contribution is 5.87. The van der Waals surface area contributed by atoms with Gasteiger partial charge in [0.05, 0.1) is 13.7 Å². The molecule has 0 aromatic carbocycles. The first kappa shape index (κ1) is 17.8. The minimum absolute atomic E-state index is 0.0803. The summed E-state index contributed by atoms with van der Waals surface area (Å²) in [6, 6.07) is 0. The molecule has 112 valence electrons. The van der Waals surface area contributed by atoms with Crippen molar-refractivity contribution >= 4 is 11.9 Å². The first-order valence-electron chi connectivity index (χ1n) is 6.11. The predicted octanol–water partition coefficient (Wildman–Crippen LogP) is 1.51. The van der Waals surface area contributed by atoms with Crippen LogP contribution in [-0.4, -0.2) is 44.2 Å². The molecule has 0 radical (unpaired) electrons. The Bertz CT molecular complexity index is 299. The summed E-state index contributed by atoms with van der Waals surface area (Å²) in [5.74, 6) is -0.966. The van der Waals surface area contributed by atoms with E-state index >= 15 is 0 Å². The van der Waals surface area contributed by atoms with Crippen LogP contribution in [0.2, 0.25) is 0 Å². The Hall–Kier alpha value is -1.24. The van der Waals surface area contributed by atoms with Gasteiger partial charge in [-0.3, -0.25) is 4.79 Å². The second-order valence-corrected chi connectivity index (χ2v) is 4.34. The zero-order valence-electron chi connectivity index (χ0n) is 11.5. The van der Waals surface area contributed by atoms with E-state index < -0.39 is 30.4 Å². The van der Waals surface area contributed by atoms with E-state index in [2.05, 4.69) is 14.8 Å². The van der Waals surface area contributed by atoms with E-state index in [9.17, 15) is 18.4 Å². The molecular weight excluding hydrogens is 260 g/mol. The molecule has 0 saturated heterocycles. The summed E-state index contributed by atoms with van der Waals surface area (Å²) in [4.78, 5) is 23.2. The smallest absolute Gasteiger partial charge is 0.331 e. The van der Waals surface area contributed by atoms with E-state index in [0.717, 1.165) is 0 Å². The van der Waals surface area contributed by atoms with Crippen molar-refractivity contribution in [3.05, 3.63) is 0 Å². The normalized spacial score (nSPS) is 14.0. The van der Waals surface area contributed by atoms with Crippen LogP contribution in [0.15, 0.2) is 0 Å². The molecule has 1 unspecified atom stereocenters. The number of hydrogen-bond donors (Lipinski definition) is 1. The third kappa shape index (κ3) is 7.05. The highest BCUT2D eigenvalue weighted by atomic mass is 19.3. The minimum atomic E-state index is -2.55. The molecule has 0 aromatic rings. The number of nitrogens with one attached hydrogen (secondary N) is 1. The molecule has 1 N–H and O–H groups in total. The van der Waals surface area contributed by atoms with Gasteiger partial charge in [-0.2, -0.15) is 0 Å². The Morgan fingerprint density at radius 1 is 1.37 bits per heavy atom. The van der Waals surface area contributed by atoms with E-state index in [1.54, 1.807) is 6.92 Å². The third-order valence-electron chi connectivity index (χ3n) is 2.52. The molecule has 0 aliphatic rings. The first-order chi connectivity index (χ1) is 8.85. The Kier molecular flexibility index (Phi) is 8.22. The zero-order chi connectivity index (χ0) is 14.9. The monoisotopic (exact) mass is 281 g/mol. The summed E-state index contributed by atoms with van der Waals surface area (Å²) >= 11 is 0. The van der Waals surface area contributed by atoms with Crippen molar-refractivity contribution in [1.82, 2.24) is 5.32 Å². The highest BCUT2D eigenvalue weighted by Crippen LogP contribution is 2.14. The topological polar surface area (TPSA) is 64.6 Å². The molecule has 0 aromatic heterocycles. The molecule has 0 rings (SSSR count). The Morgan fingerprint density at radius 2 is 2.00 bits per heavy atom. The van der Waals surface area contributed by atoms with E-state index in [0.29, 0.717) is 12.8 Å². The Labute approximate surface area is 111 Å². The lowest BCUT2D eigenvalue weighted by Crippen LogP contribution is -2.52. The van der Waals surface area contributed by atoms with E-state index in [1.807, 2.05) is 6.92 Å². The molecule has 7 heteroatoms. The van der Waals surface area contributed by atoms with Gasteiger partial charge in [0.2, 0.25) is 5.91 Å². The quantitative estimate of drug-likeness (QED) is 0.514. The number of ether oxygens (including phenoxy) is 2. The van der Waals surface area contributed by atoms with Crippen molar-refractivity contribution in [1.29, 1.82) is 0 Å². The largest absolute Gasteiger partial charge is 0.467 e. The van der Waals surface area contributed by atoms with E-state index in [-0.39, 0.29) is 13.0 Å². The van der Waals surface area contributed by atoms with Crippen LogP contribution in [0.3, 0.4) is 0 Å². The number of methoxy groups -OCH3 is 1. The maximum Gasteiger partial charge on any atom is 0.331 e. The van der Waals surface area contributed by atoms with Gasteiger partial charge in [-0.15, -0.1) is 0 Å². The van der Waals surface area contributed by atoms with Crippen molar-refractivity contribution in [2.75, 3.05) is 20.3 Å². The number of esters is 1. The molecule has 0 aliphatic heterocycles. The van der Waals surface area contributed by atoms with Crippen molar-refractivity contribution in [3.63, 3.8) is 0 Å². The van der Waals surface area contributed by atoms with Crippen molar-refractivity contribution in [3.8, 4) is 0 Å². The third-order valence-corrected chi connectivity index (χ3v) is 2.52. The van der Waals surface area contributed by atoms with Gasteiger partial charge < -0.3 is 14.8 Å². The number of amides is 1. The SMILES string of the molecule is CCCC(C)(NC(=O)CCOCC(F)F)C(=O)OC. The van der Waals surface area contributed by atoms with Crippen molar-refractivity contribution < 1.29 is 27.8 Å². The van der Waals surface area contributed by atoms with Crippen LogP contribution in [-0.2, 0) is 19.1 Å². The van der Waals surface area contributed by atoms with E-state index in [1.165, 1.54) is 7.11 Å². The van der Waals surface area contributed by atoms with Gasteiger partial charge in [0, 0.05) is 6.42 Å². The summed E-state index contributed by atoms with van der Waals surface area (Å²) < 4.78 is 32.8. The molecule has 0 saturated carbocycles. The molecule has 0 fully saturated rings. The fourth-order valence-corrected chi connectivity index (χ4v) is 1.65. The molecular formula is C12H21F2NO4. The lowest BCUT2D eigenvalue weighted by atomic mass is 9.96. The standard InChI is InChI=1S/C12H21F2NO4/c1-4-6-12(2,11(17)18-3)15-10(16)5-7-19-8-9(13)14/h9H,4-8H2,1-3H3,(H,15,16). The van der Waals surface area contributed by atoms with E-state index in [4.69, 9.17) is 0 Å². The summed E-state index contributed by atoms with van der Waals surface area (Å²) in [6.45, 7) is 2.63. The maximum absolute atomic E-state index is 11.8. The number of hydrogen-bond acceptors (Lipinski definition) is 4. The lowest BCUT2D eigenvalue weighted by Gasteiger charge is -2.27. The van der Waals surface area contributed by atoms with Crippen LogP contribution in [0.25, 0.3) is 0 Å². The van der Waals surface area contributed by atoms with Gasteiger partial charge in [0.1, 0.15) is 12.1 Å².